The molecule has 6 N–H and O–H groups in total. The quantitative estimate of drug-likeness (QED) is 0.376. The number of carbonyl (C=O) groups excluding carboxylic acids is 3. The number of allylic oxidation sites excluding steroid dienone is 1. The number of carbonyl (C=O) groups is 3. The maximum atomic E-state index is 14.1. The maximum Gasteiger partial charge on any atom is 0.255 e. The number of benzene rings is 1. The summed E-state index contributed by atoms with van der Waals surface area (Å²) in [6, 6.07) is 4.44. The van der Waals surface area contributed by atoms with Crippen molar-refractivity contribution < 1.29 is 29.7 Å². The highest BCUT2D eigenvalue weighted by Gasteiger charge is 2.63. The van der Waals surface area contributed by atoms with Gasteiger partial charge in [0.25, 0.3) is 5.91 Å². The molecule has 0 fully saturated rings. The summed E-state index contributed by atoms with van der Waals surface area (Å²) in [7, 11) is 6.98. The van der Waals surface area contributed by atoms with Crippen LogP contribution in [0.15, 0.2) is 47.1 Å². The zero-order chi connectivity index (χ0) is 27.0. The standard InChI is InChI=1S/C26H29N5O6/c1-30(2)16-6-5-12(15-7-8-28-29-15)18-13(16)9-11-10-14-20(31(3)4)22(33)19(25(27)36)24(35)26(14,37)23(34)17(11)21(18)32/h5-8,11,14,20,33-34,37H,9-10H2,1-4H3,(H2,27,36)(H,28,29)/t11-,14-,20-,26-/m0/s1. The average molecular weight is 508 g/mol. The van der Waals surface area contributed by atoms with Crippen LogP contribution in [0, 0.1) is 11.8 Å². The Morgan fingerprint density at radius 1 is 1.16 bits per heavy atom. The smallest absolute Gasteiger partial charge is 0.255 e. The molecule has 0 radical (unpaired) electrons. The molecule has 194 valence electrons. The number of H-pyrrole nitrogens is 1. The fraction of sp³-hybridized carbons (Fsp3) is 0.385. The van der Waals surface area contributed by atoms with E-state index >= 15 is 0 Å². The Balaban J connectivity index is 1.77. The molecule has 0 unspecified atom stereocenters. The lowest BCUT2D eigenvalue weighted by atomic mass is 9.58. The van der Waals surface area contributed by atoms with E-state index in [2.05, 4.69) is 10.2 Å². The van der Waals surface area contributed by atoms with Crippen LogP contribution in [-0.2, 0) is 16.0 Å². The number of primary amides is 1. The van der Waals surface area contributed by atoms with Crippen LogP contribution in [-0.4, -0.2) is 87.7 Å². The molecule has 11 nitrogen and oxygen atoms in total. The SMILES string of the molecule is CN(C)c1ccc(-c2ccn[nH]2)c2c1C[C@H]1C[C@H]3[C@H](N(C)C)C(O)=C(C(N)=O)C(=O)[C@@]3(O)C(O)=C1C2=O. The van der Waals surface area contributed by atoms with E-state index in [1.165, 1.54) is 0 Å². The number of nitrogens with one attached hydrogen (secondary N) is 1. The van der Waals surface area contributed by atoms with Crippen LogP contribution in [0.25, 0.3) is 11.3 Å². The number of aromatic nitrogens is 2. The molecule has 37 heavy (non-hydrogen) atoms. The number of aliphatic hydroxyl groups is 3. The number of rotatable bonds is 4. The number of anilines is 1. The van der Waals surface area contributed by atoms with Crippen molar-refractivity contribution in [2.45, 2.75) is 24.5 Å². The third-order valence-electron chi connectivity index (χ3n) is 7.88. The molecule has 1 amide bonds. The molecule has 4 atom stereocenters. The molecule has 2 aromatic rings. The van der Waals surface area contributed by atoms with Crippen LogP contribution in [0.4, 0.5) is 5.69 Å². The summed E-state index contributed by atoms with van der Waals surface area (Å²) in [6.07, 6.45) is 2.02. The first kappa shape index (κ1) is 24.7. The molecule has 5 rings (SSSR count). The lowest BCUT2D eigenvalue weighted by Gasteiger charge is -2.50. The highest BCUT2D eigenvalue weighted by molar-refractivity contribution is 6.25. The lowest BCUT2D eigenvalue weighted by molar-refractivity contribution is -0.148. The Morgan fingerprint density at radius 2 is 1.86 bits per heavy atom. The van der Waals surface area contributed by atoms with E-state index < -0.39 is 58.0 Å². The molecule has 1 aromatic heterocycles. The van der Waals surface area contributed by atoms with Crippen molar-refractivity contribution in [1.29, 1.82) is 0 Å². The molecule has 1 heterocycles. The van der Waals surface area contributed by atoms with E-state index in [0.29, 0.717) is 23.2 Å². The summed E-state index contributed by atoms with van der Waals surface area (Å²) in [5.41, 5.74) is 5.07. The van der Waals surface area contributed by atoms with Gasteiger partial charge in [-0.3, -0.25) is 24.4 Å². The second kappa shape index (κ2) is 8.29. The van der Waals surface area contributed by atoms with Gasteiger partial charge in [-0.2, -0.15) is 5.10 Å². The Kier molecular flexibility index (Phi) is 5.54. The van der Waals surface area contributed by atoms with Crippen molar-refractivity contribution in [2.75, 3.05) is 33.1 Å². The van der Waals surface area contributed by atoms with Gasteiger partial charge >= 0.3 is 0 Å². The summed E-state index contributed by atoms with van der Waals surface area (Å²) < 4.78 is 0. The Bertz CT molecular complexity index is 1410. The number of nitrogens with two attached hydrogens (primary N) is 1. The average Bonchev–Trinajstić information content (AvgIpc) is 3.35. The second-order valence-electron chi connectivity index (χ2n) is 10.3. The van der Waals surface area contributed by atoms with E-state index in [-0.39, 0.29) is 12.0 Å². The molecule has 0 bridgehead atoms. The summed E-state index contributed by atoms with van der Waals surface area (Å²) >= 11 is 0. The fourth-order valence-electron chi connectivity index (χ4n) is 6.30. The minimum atomic E-state index is -2.60. The summed E-state index contributed by atoms with van der Waals surface area (Å²) in [6.45, 7) is 0. The number of aromatic amines is 1. The first-order valence-electron chi connectivity index (χ1n) is 11.9. The number of hydrogen-bond acceptors (Lipinski definition) is 9. The van der Waals surface area contributed by atoms with Gasteiger partial charge in [0.1, 0.15) is 17.1 Å². The fourth-order valence-corrected chi connectivity index (χ4v) is 6.30. The molecular formula is C26H29N5O6. The van der Waals surface area contributed by atoms with Crippen LogP contribution < -0.4 is 10.6 Å². The van der Waals surface area contributed by atoms with Gasteiger partial charge in [-0.15, -0.1) is 0 Å². The van der Waals surface area contributed by atoms with Crippen LogP contribution >= 0.6 is 0 Å². The monoisotopic (exact) mass is 507 g/mol. The Hall–Kier alpha value is -3.96. The Labute approximate surface area is 212 Å². The van der Waals surface area contributed by atoms with E-state index in [1.807, 2.05) is 25.1 Å². The molecular weight excluding hydrogens is 478 g/mol. The molecule has 1 aromatic carbocycles. The largest absolute Gasteiger partial charge is 0.510 e. The van der Waals surface area contributed by atoms with E-state index in [0.717, 1.165) is 11.3 Å². The number of Topliss-reactive ketones (excluding diaryl/α,β-unsaturated/α-hetero) is 2. The van der Waals surface area contributed by atoms with Crippen molar-refractivity contribution in [3.05, 3.63) is 58.2 Å². The van der Waals surface area contributed by atoms with Crippen molar-refractivity contribution in [1.82, 2.24) is 15.1 Å². The van der Waals surface area contributed by atoms with Gasteiger partial charge < -0.3 is 26.0 Å². The van der Waals surface area contributed by atoms with Crippen molar-refractivity contribution in [3.63, 3.8) is 0 Å². The highest BCUT2D eigenvalue weighted by atomic mass is 16.3. The number of aliphatic hydroxyl groups excluding tert-OH is 2. The number of ketones is 2. The summed E-state index contributed by atoms with van der Waals surface area (Å²) in [5, 5.41) is 41.0. The first-order valence-corrected chi connectivity index (χ1v) is 11.9. The highest BCUT2D eigenvalue weighted by Crippen LogP contribution is 2.53. The zero-order valence-electron chi connectivity index (χ0n) is 20.9. The number of hydrogen-bond donors (Lipinski definition) is 5. The van der Waals surface area contributed by atoms with Crippen LogP contribution in [0.5, 0.6) is 0 Å². The predicted molar refractivity (Wildman–Crippen MR) is 134 cm³/mol. The molecule has 0 saturated carbocycles. The predicted octanol–water partition coefficient (Wildman–Crippen LogP) is 0.871. The van der Waals surface area contributed by atoms with Gasteiger partial charge in [-0.25, -0.2) is 0 Å². The molecule has 0 saturated heterocycles. The zero-order valence-corrected chi connectivity index (χ0v) is 20.9. The van der Waals surface area contributed by atoms with Crippen molar-refractivity contribution in [2.24, 2.45) is 17.6 Å². The molecule has 0 spiro atoms. The van der Waals surface area contributed by atoms with Gasteiger partial charge in [0.2, 0.25) is 5.78 Å². The third kappa shape index (κ3) is 3.27. The Morgan fingerprint density at radius 3 is 2.43 bits per heavy atom. The van der Waals surface area contributed by atoms with Crippen molar-refractivity contribution in [3.8, 4) is 11.3 Å². The van der Waals surface area contributed by atoms with E-state index in [1.54, 1.807) is 37.3 Å². The number of likely N-dealkylation sites (N-methyl/N-ethyl adjacent to an activating group) is 1. The molecule has 0 aliphatic heterocycles. The lowest BCUT2D eigenvalue weighted by Crippen LogP contribution is -2.63. The minimum absolute atomic E-state index is 0.0704. The van der Waals surface area contributed by atoms with Crippen LogP contribution in [0.3, 0.4) is 0 Å². The molecule has 3 aliphatic rings. The summed E-state index contributed by atoms with van der Waals surface area (Å²) in [4.78, 5) is 43.1. The molecule has 11 heteroatoms. The third-order valence-corrected chi connectivity index (χ3v) is 7.88. The van der Waals surface area contributed by atoms with Gasteiger partial charge in [0.05, 0.1) is 11.7 Å². The minimum Gasteiger partial charge on any atom is -0.510 e. The van der Waals surface area contributed by atoms with Gasteiger partial charge in [0.15, 0.2) is 11.4 Å². The normalized spacial score (nSPS) is 27.2. The molecule has 3 aliphatic carbocycles. The van der Waals surface area contributed by atoms with Crippen LogP contribution in [0.1, 0.15) is 22.3 Å². The number of nitrogens with zero attached hydrogens (tertiary/aromatic N) is 3. The van der Waals surface area contributed by atoms with Gasteiger partial charge in [0, 0.05) is 48.6 Å². The van der Waals surface area contributed by atoms with Crippen molar-refractivity contribution >= 4 is 23.2 Å². The number of amides is 1. The van der Waals surface area contributed by atoms with E-state index in [4.69, 9.17) is 5.73 Å². The van der Waals surface area contributed by atoms with Gasteiger partial charge in [-0.05, 0) is 50.6 Å². The van der Waals surface area contributed by atoms with E-state index in [9.17, 15) is 29.7 Å². The second-order valence-corrected chi connectivity index (χ2v) is 10.3. The van der Waals surface area contributed by atoms with Gasteiger partial charge in [-0.1, -0.05) is 6.07 Å². The first-order chi connectivity index (χ1) is 17.4. The maximum absolute atomic E-state index is 14.1. The number of fused-ring (bicyclic) bond motifs is 3. The summed E-state index contributed by atoms with van der Waals surface area (Å²) in [5.74, 6) is -5.86. The topological polar surface area (TPSA) is 173 Å². The van der Waals surface area contributed by atoms with Crippen LogP contribution in [0.2, 0.25) is 0 Å².